The molecule has 0 spiro atoms. The van der Waals surface area contributed by atoms with Crippen LogP contribution in [0.5, 0.6) is 0 Å². The Labute approximate surface area is 125 Å². The average Bonchev–Trinajstić information content (AvgIpc) is 3.02. The predicted octanol–water partition coefficient (Wildman–Crippen LogP) is 2.53. The lowest BCUT2D eigenvalue weighted by atomic mass is 9.93. The van der Waals surface area contributed by atoms with E-state index in [0.717, 1.165) is 23.5 Å². The highest BCUT2D eigenvalue weighted by Gasteiger charge is 2.22. The summed E-state index contributed by atoms with van der Waals surface area (Å²) in [5.41, 5.74) is 2.86. The zero-order valence-corrected chi connectivity index (χ0v) is 12.8. The molecule has 0 unspecified atom stereocenters. The number of aromatic nitrogens is 4. The maximum absolute atomic E-state index is 4.57. The molecule has 3 heterocycles. The number of nitrogens with one attached hydrogen (secondary N) is 1. The van der Waals surface area contributed by atoms with Gasteiger partial charge in [-0.1, -0.05) is 0 Å². The number of aromatic amines is 1. The SMILES string of the molecule is CC(C)N1CCC[C@H](Cc2cnc(-c3ccn[nH]3)cn2)C1. The molecule has 2 aromatic heterocycles. The van der Waals surface area contributed by atoms with Crippen LogP contribution in [0.15, 0.2) is 24.7 Å². The fourth-order valence-corrected chi connectivity index (χ4v) is 3.03. The summed E-state index contributed by atoms with van der Waals surface area (Å²) in [6.07, 6.45) is 9.10. The molecule has 1 N–H and O–H groups in total. The van der Waals surface area contributed by atoms with Crippen LogP contribution < -0.4 is 0 Å². The minimum Gasteiger partial charge on any atom is -0.301 e. The number of H-pyrrole nitrogens is 1. The molecule has 0 bridgehead atoms. The topological polar surface area (TPSA) is 57.7 Å². The molecule has 0 aliphatic carbocycles. The molecule has 21 heavy (non-hydrogen) atoms. The Morgan fingerprint density at radius 3 is 2.90 bits per heavy atom. The molecule has 1 atom stereocenters. The Hall–Kier alpha value is -1.75. The van der Waals surface area contributed by atoms with Gasteiger partial charge >= 0.3 is 0 Å². The van der Waals surface area contributed by atoms with Gasteiger partial charge < -0.3 is 4.90 Å². The van der Waals surface area contributed by atoms with Gasteiger partial charge in [-0.2, -0.15) is 5.10 Å². The Bertz CT molecular complexity index is 547. The third-order valence-electron chi connectivity index (χ3n) is 4.26. The quantitative estimate of drug-likeness (QED) is 0.938. The maximum atomic E-state index is 4.57. The summed E-state index contributed by atoms with van der Waals surface area (Å²) in [6.45, 7) is 6.98. The van der Waals surface area contributed by atoms with Gasteiger partial charge in [-0.15, -0.1) is 0 Å². The third-order valence-corrected chi connectivity index (χ3v) is 4.26. The van der Waals surface area contributed by atoms with Crippen molar-refractivity contribution in [3.8, 4) is 11.4 Å². The van der Waals surface area contributed by atoms with Crippen molar-refractivity contribution in [3.05, 3.63) is 30.4 Å². The van der Waals surface area contributed by atoms with E-state index in [9.17, 15) is 0 Å². The maximum Gasteiger partial charge on any atom is 0.106 e. The van der Waals surface area contributed by atoms with E-state index in [4.69, 9.17) is 0 Å². The van der Waals surface area contributed by atoms with Crippen molar-refractivity contribution >= 4 is 0 Å². The first-order valence-electron chi connectivity index (χ1n) is 7.77. The van der Waals surface area contributed by atoms with Crippen LogP contribution in [0.25, 0.3) is 11.4 Å². The third kappa shape index (κ3) is 3.47. The van der Waals surface area contributed by atoms with Crippen LogP contribution in [0.3, 0.4) is 0 Å². The summed E-state index contributed by atoms with van der Waals surface area (Å²) in [7, 11) is 0. The summed E-state index contributed by atoms with van der Waals surface area (Å²) in [4.78, 5) is 11.6. The van der Waals surface area contributed by atoms with Gasteiger partial charge in [0.25, 0.3) is 0 Å². The van der Waals surface area contributed by atoms with Crippen molar-refractivity contribution in [1.82, 2.24) is 25.1 Å². The van der Waals surface area contributed by atoms with Crippen LogP contribution in [-0.4, -0.2) is 44.2 Å². The second-order valence-electron chi connectivity index (χ2n) is 6.16. The van der Waals surface area contributed by atoms with E-state index in [0.29, 0.717) is 12.0 Å². The summed E-state index contributed by atoms with van der Waals surface area (Å²) in [5.74, 6) is 0.702. The number of hydrogen-bond donors (Lipinski definition) is 1. The van der Waals surface area contributed by atoms with E-state index in [2.05, 4.69) is 38.9 Å². The largest absolute Gasteiger partial charge is 0.301 e. The highest BCUT2D eigenvalue weighted by molar-refractivity contribution is 5.51. The molecule has 1 aliphatic heterocycles. The molecule has 1 aliphatic rings. The van der Waals surface area contributed by atoms with Gasteiger partial charge in [0.05, 0.1) is 17.6 Å². The molecule has 0 aromatic carbocycles. The number of rotatable bonds is 4. The van der Waals surface area contributed by atoms with Crippen molar-refractivity contribution in [3.63, 3.8) is 0 Å². The van der Waals surface area contributed by atoms with Gasteiger partial charge in [-0.3, -0.25) is 15.1 Å². The van der Waals surface area contributed by atoms with Gasteiger partial charge in [-0.05, 0) is 51.6 Å². The first-order chi connectivity index (χ1) is 10.2. The van der Waals surface area contributed by atoms with Crippen molar-refractivity contribution in [2.45, 2.75) is 39.2 Å². The van der Waals surface area contributed by atoms with Gasteiger partial charge in [0.2, 0.25) is 0 Å². The van der Waals surface area contributed by atoms with Crippen LogP contribution in [0, 0.1) is 5.92 Å². The summed E-state index contributed by atoms with van der Waals surface area (Å²) in [6, 6.07) is 2.55. The molecule has 1 fully saturated rings. The number of likely N-dealkylation sites (tertiary alicyclic amines) is 1. The Kier molecular flexibility index (Phi) is 4.29. The molecule has 112 valence electrons. The summed E-state index contributed by atoms with van der Waals surface area (Å²) >= 11 is 0. The highest BCUT2D eigenvalue weighted by Crippen LogP contribution is 2.22. The van der Waals surface area contributed by atoms with Crippen LogP contribution in [0.2, 0.25) is 0 Å². The van der Waals surface area contributed by atoms with E-state index in [-0.39, 0.29) is 0 Å². The van der Waals surface area contributed by atoms with Gasteiger partial charge in [0.15, 0.2) is 0 Å². The van der Waals surface area contributed by atoms with Crippen molar-refractivity contribution < 1.29 is 0 Å². The predicted molar refractivity (Wildman–Crippen MR) is 82.8 cm³/mol. The zero-order valence-electron chi connectivity index (χ0n) is 12.8. The zero-order chi connectivity index (χ0) is 14.7. The van der Waals surface area contributed by atoms with E-state index >= 15 is 0 Å². The Morgan fingerprint density at radius 2 is 2.24 bits per heavy atom. The standard InChI is InChI=1S/C16H23N5/c1-12(2)21-7-3-4-13(11-21)8-14-9-18-16(10-17-14)15-5-6-19-20-15/h5-6,9-10,12-13H,3-4,7-8,11H2,1-2H3,(H,19,20)/t13-/m1/s1. The number of hydrogen-bond acceptors (Lipinski definition) is 4. The molecule has 2 aromatic rings. The Balaban J connectivity index is 1.62. The summed E-state index contributed by atoms with van der Waals surface area (Å²) in [5, 5.41) is 6.85. The molecular formula is C16H23N5. The second-order valence-corrected chi connectivity index (χ2v) is 6.16. The van der Waals surface area contributed by atoms with Crippen LogP contribution in [0.1, 0.15) is 32.4 Å². The molecule has 1 saturated heterocycles. The fraction of sp³-hybridized carbons (Fsp3) is 0.562. The fourth-order valence-electron chi connectivity index (χ4n) is 3.03. The average molecular weight is 285 g/mol. The van der Waals surface area contributed by atoms with Gasteiger partial charge in [-0.25, -0.2) is 0 Å². The van der Waals surface area contributed by atoms with Crippen molar-refractivity contribution in [1.29, 1.82) is 0 Å². The van der Waals surface area contributed by atoms with E-state index in [1.807, 2.05) is 18.5 Å². The van der Waals surface area contributed by atoms with Crippen molar-refractivity contribution in [2.24, 2.45) is 5.92 Å². The minimum atomic E-state index is 0.640. The van der Waals surface area contributed by atoms with Crippen LogP contribution in [0.4, 0.5) is 0 Å². The van der Waals surface area contributed by atoms with Crippen LogP contribution >= 0.6 is 0 Å². The lowest BCUT2D eigenvalue weighted by molar-refractivity contribution is 0.139. The molecule has 0 saturated carbocycles. The van der Waals surface area contributed by atoms with E-state index < -0.39 is 0 Å². The smallest absolute Gasteiger partial charge is 0.106 e. The normalized spacial score (nSPS) is 20.0. The molecule has 0 amide bonds. The monoisotopic (exact) mass is 285 g/mol. The van der Waals surface area contributed by atoms with E-state index in [1.165, 1.54) is 25.9 Å². The lowest BCUT2D eigenvalue weighted by Crippen LogP contribution is -2.40. The second kappa shape index (κ2) is 6.35. The lowest BCUT2D eigenvalue weighted by Gasteiger charge is -2.35. The summed E-state index contributed by atoms with van der Waals surface area (Å²) < 4.78 is 0. The molecule has 3 rings (SSSR count). The number of piperidine rings is 1. The van der Waals surface area contributed by atoms with Gasteiger partial charge in [0.1, 0.15) is 5.69 Å². The first-order valence-corrected chi connectivity index (χ1v) is 7.77. The molecule has 0 radical (unpaired) electrons. The van der Waals surface area contributed by atoms with Crippen LogP contribution in [-0.2, 0) is 6.42 Å². The Morgan fingerprint density at radius 1 is 1.33 bits per heavy atom. The minimum absolute atomic E-state index is 0.640. The molecule has 5 nitrogen and oxygen atoms in total. The first kappa shape index (κ1) is 14.2. The molecular weight excluding hydrogens is 262 g/mol. The number of nitrogens with zero attached hydrogens (tertiary/aromatic N) is 4. The van der Waals surface area contributed by atoms with E-state index in [1.54, 1.807) is 6.20 Å². The van der Waals surface area contributed by atoms with Crippen molar-refractivity contribution in [2.75, 3.05) is 13.1 Å². The highest BCUT2D eigenvalue weighted by atomic mass is 15.2. The van der Waals surface area contributed by atoms with Gasteiger partial charge in [0, 0.05) is 25.0 Å². The molecule has 5 heteroatoms.